The first-order valence-electron chi connectivity index (χ1n) is 12.4. The van der Waals surface area contributed by atoms with Gasteiger partial charge in [-0.05, 0) is 16.7 Å². The van der Waals surface area contributed by atoms with Crippen LogP contribution in [0.25, 0.3) is 0 Å². The van der Waals surface area contributed by atoms with Crippen molar-refractivity contribution in [2.45, 2.75) is 56.6 Å². The van der Waals surface area contributed by atoms with Crippen molar-refractivity contribution in [3.63, 3.8) is 0 Å². The summed E-state index contributed by atoms with van der Waals surface area (Å²) in [6.45, 7) is 3.03. The van der Waals surface area contributed by atoms with Crippen LogP contribution in [-0.4, -0.2) is 48.7 Å². The number of carbonyl (C=O) groups excluding carboxylic acids is 1. The van der Waals surface area contributed by atoms with Gasteiger partial charge >= 0.3 is 0 Å². The number of rotatable bonds is 12. The Morgan fingerprint density at radius 2 is 1.24 bits per heavy atom. The first-order valence-corrected chi connectivity index (χ1v) is 13.3. The van der Waals surface area contributed by atoms with E-state index in [1.54, 1.807) is 14.0 Å². The Balaban J connectivity index is 1.54. The smallest absolute Gasteiger partial charge is 0.186 e. The van der Waals surface area contributed by atoms with Crippen molar-refractivity contribution < 1.29 is 28.5 Å². The normalized spacial score (nSPS) is 23.6. The minimum absolute atomic E-state index is 0.0207. The zero-order valence-electron chi connectivity index (χ0n) is 21.2. The maximum Gasteiger partial charge on any atom is 0.186 e. The van der Waals surface area contributed by atoms with E-state index in [0.29, 0.717) is 19.8 Å². The number of hydrogen-bond donors (Lipinski definition) is 0. The monoisotopic (exact) mass is 522 g/mol. The van der Waals surface area contributed by atoms with Gasteiger partial charge in [-0.25, -0.2) is 0 Å². The molecular formula is C30H34O6S. The standard InChI is InChI=1S/C30H34O6S/c1-22(31)37-29-26(21-33-18-23-12-6-3-7-13-23)36-30(32-2)28(35-20-25-16-10-5-11-17-25)27(29)34-19-24-14-8-4-9-15-24/h3-17,26-30H,18-21H2,1-2H3/t26-,27-,28-,29-,30+/m1/s1. The molecule has 0 N–H and O–H groups in total. The van der Waals surface area contributed by atoms with Crippen molar-refractivity contribution in [2.75, 3.05) is 13.7 Å². The van der Waals surface area contributed by atoms with Gasteiger partial charge in [0.25, 0.3) is 0 Å². The maximum atomic E-state index is 12.3. The molecule has 4 rings (SSSR count). The van der Waals surface area contributed by atoms with Gasteiger partial charge in [-0.3, -0.25) is 4.79 Å². The van der Waals surface area contributed by atoms with E-state index < -0.39 is 24.6 Å². The Morgan fingerprint density at radius 3 is 1.73 bits per heavy atom. The molecule has 1 saturated heterocycles. The van der Waals surface area contributed by atoms with Crippen LogP contribution in [0.4, 0.5) is 0 Å². The summed E-state index contributed by atoms with van der Waals surface area (Å²) < 4.78 is 31.0. The van der Waals surface area contributed by atoms with Gasteiger partial charge in [0.1, 0.15) is 12.2 Å². The van der Waals surface area contributed by atoms with Crippen LogP contribution in [0, 0.1) is 0 Å². The largest absolute Gasteiger partial charge is 0.374 e. The zero-order valence-corrected chi connectivity index (χ0v) is 22.0. The van der Waals surface area contributed by atoms with Gasteiger partial charge in [-0.15, -0.1) is 0 Å². The molecule has 0 bridgehead atoms. The van der Waals surface area contributed by atoms with Gasteiger partial charge < -0.3 is 23.7 Å². The predicted molar refractivity (Wildman–Crippen MR) is 144 cm³/mol. The van der Waals surface area contributed by atoms with Gasteiger partial charge in [0.05, 0.1) is 37.8 Å². The van der Waals surface area contributed by atoms with Crippen LogP contribution in [0.15, 0.2) is 91.0 Å². The molecule has 0 aromatic heterocycles. The minimum Gasteiger partial charge on any atom is -0.374 e. The van der Waals surface area contributed by atoms with E-state index in [1.165, 1.54) is 11.8 Å². The second-order valence-electron chi connectivity index (χ2n) is 8.88. The lowest BCUT2D eigenvalue weighted by atomic mass is 10.0. The van der Waals surface area contributed by atoms with E-state index in [4.69, 9.17) is 23.7 Å². The van der Waals surface area contributed by atoms with Gasteiger partial charge in [0.15, 0.2) is 11.4 Å². The van der Waals surface area contributed by atoms with Crippen LogP contribution in [0.2, 0.25) is 0 Å². The minimum atomic E-state index is -0.682. The van der Waals surface area contributed by atoms with E-state index in [2.05, 4.69) is 0 Å². The van der Waals surface area contributed by atoms with Crippen LogP contribution in [0.3, 0.4) is 0 Å². The fourth-order valence-corrected chi connectivity index (χ4v) is 5.35. The molecule has 0 aliphatic carbocycles. The molecule has 196 valence electrons. The first-order chi connectivity index (χ1) is 18.1. The summed E-state index contributed by atoms with van der Waals surface area (Å²) in [7, 11) is 1.60. The summed E-state index contributed by atoms with van der Waals surface area (Å²) in [5.41, 5.74) is 3.13. The third-order valence-electron chi connectivity index (χ3n) is 6.09. The first kappa shape index (κ1) is 27.5. The highest BCUT2D eigenvalue weighted by Crippen LogP contribution is 2.35. The summed E-state index contributed by atoms with van der Waals surface area (Å²) >= 11 is 1.21. The zero-order chi connectivity index (χ0) is 25.9. The lowest BCUT2D eigenvalue weighted by Crippen LogP contribution is -2.60. The van der Waals surface area contributed by atoms with Crippen molar-refractivity contribution in [1.82, 2.24) is 0 Å². The highest BCUT2D eigenvalue weighted by Gasteiger charge is 2.48. The molecule has 1 heterocycles. The molecule has 3 aromatic carbocycles. The Morgan fingerprint density at radius 1 is 0.757 bits per heavy atom. The van der Waals surface area contributed by atoms with Crippen LogP contribution in [0.5, 0.6) is 0 Å². The second-order valence-corrected chi connectivity index (χ2v) is 10.2. The summed E-state index contributed by atoms with van der Waals surface area (Å²) in [6, 6.07) is 29.8. The lowest BCUT2D eigenvalue weighted by Gasteiger charge is -2.45. The maximum absolute atomic E-state index is 12.3. The molecule has 7 heteroatoms. The van der Waals surface area contributed by atoms with E-state index in [9.17, 15) is 4.79 Å². The van der Waals surface area contributed by atoms with E-state index in [1.807, 2.05) is 91.0 Å². The summed E-state index contributed by atoms with van der Waals surface area (Å²) in [5, 5.41) is -0.364. The Labute approximate surface area is 223 Å². The topological polar surface area (TPSA) is 63.2 Å². The van der Waals surface area contributed by atoms with Crippen LogP contribution in [0.1, 0.15) is 23.6 Å². The van der Waals surface area contributed by atoms with Crippen LogP contribution < -0.4 is 0 Å². The highest BCUT2D eigenvalue weighted by molar-refractivity contribution is 8.14. The third-order valence-corrected chi connectivity index (χ3v) is 7.27. The van der Waals surface area contributed by atoms with Crippen molar-refractivity contribution in [1.29, 1.82) is 0 Å². The number of carbonyl (C=O) groups is 1. The van der Waals surface area contributed by atoms with Crippen LogP contribution in [-0.2, 0) is 48.3 Å². The Kier molecular flexibility index (Phi) is 10.7. The average molecular weight is 523 g/mol. The van der Waals surface area contributed by atoms with Crippen molar-refractivity contribution >= 4 is 16.9 Å². The van der Waals surface area contributed by atoms with Gasteiger partial charge in [0, 0.05) is 14.0 Å². The molecule has 6 nitrogen and oxygen atoms in total. The fraction of sp³-hybridized carbons (Fsp3) is 0.367. The van der Waals surface area contributed by atoms with Crippen molar-refractivity contribution in [2.24, 2.45) is 0 Å². The molecule has 37 heavy (non-hydrogen) atoms. The fourth-order valence-electron chi connectivity index (χ4n) is 4.30. The molecule has 0 spiro atoms. The molecule has 0 radical (unpaired) electrons. The quantitative estimate of drug-likeness (QED) is 0.316. The van der Waals surface area contributed by atoms with Crippen molar-refractivity contribution in [3.8, 4) is 0 Å². The lowest BCUT2D eigenvalue weighted by molar-refractivity contribution is -0.283. The molecule has 0 amide bonds. The number of thioether (sulfide) groups is 1. The van der Waals surface area contributed by atoms with Gasteiger partial charge in [0.2, 0.25) is 0 Å². The third kappa shape index (κ3) is 8.23. The summed E-state index contributed by atoms with van der Waals surface area (Å²) in [4.78, 5) is 12.3. The molecule has 1 fully saturated rings. The molecule has 5 atom stereocenters. The highest BCUT2D eigenvalue weighted by atomic mass is 32.2. The molecule has 1 aliphatic heterocycles. The molecular weight excluding hydrogens is 488 g/mol. The predicted octanol–water partition coefficient (Wildman–Crippen LogP) is 5.39. The summed E-state index contributed by atoms with van der Waals surface area (Å²) in [5.74, 6) is 0. The molecule has 1 aliphatic rings. The Bertz CT molecular complexity index is 1070. The number of hydrogen-bond acceptors (Lipinski definition) is 7. The SMILES string of the molecule is CO[C@H]1O[C@H](COCc2ccccc2)[C@@H](SC(C)=O)[C@H](OCc2ccccc2)[C@H]1OCc1ccccc1. The molecule has 0 unspecified atom stereocenters. The average Bonchev–Trinajstić information content (AvgIpc) is 2.93. The van der Waals surface area contributed by atoms with Gasteiger partial charge in [-0.1, -0.05) is 103 Å². The number of benzene rings is 3. The van der Waals surface area contributed by atoms with Crippen LogP contribution >= 0.6 is 11.8 Å². The molecule has 3 aromatic rings. The van der Waals surface area contributed by atoms with Gasteiger partial charge in [-0.2, -0.15) is 0 Å². The second kappa shape index (κ2) is 14.4. The van der Waals surface area contributed by atoms with E-state index in [-0.39, 0.29) is 17.0 Å². The Hall–Kier alpha value is -2.52. The van der Waals surface area contributed by atoms with E-state index in [0.717, 1.165) is 16.7 Å². The number of methoxy groups -OCH3 is 1. The van der Waals surface area contributed by atoms with Crippen molar-refractivity contribution in [3.05, 3.63) is 108 Å². The van der Waals surface area contributed by atoms with E-state index >= 15 is 0 Å². The summed E-state index contributed by atoms with van der Waals surface area (Å²) in [6.07, 6.45) is -2.13. The number of ether oxygens (including phenoxy) is 5. The molecule has 0 saturated carbocycles.